The molecule has 9 heteroatoms. The van der Waals surface area contributed by atoms with E-state index in [9.17, 15) is 13.2 Å². The fourth-order valence-electron chi connectivity index (χ4n) is 2.24. The smallest absolute Gasteiger partial charge is 0.421 e. The van der Waals surface area contributed by atoms with Crippen molar-refractivity contribution in [3.63, 3.8) is 0 Å². The molecule has 1 heterocycles. The minimum absolute atomic E-state index is 0.00252. The fraction of sp³-hybridized carbons (Fsp3) is 0.111. The van der Waals surface area contributed by atoms with Crippen LogP contribution in [0.15, 0.2) is 54.7 Å². The van der Waals surface area contributed by atoms with Crippen molar-refractivity contribution < 1.29 is 17.9 Å². The lowest BCUT2D eigenvalue weighted by Crippen LogP contribution is -2.12. The van der Waals surface area contributed by atoms with E-state index in [-0.39, 0.29) is 11.0 Å². The van der Waals surface area contributed by atoms with Gasteiger partial charge in [0, 0.05) is 11.9 Å². The summed E-state index contributed by atoms with van der Waals surface area (Å²) in [5.74, 6) is 0.249. The predicted octanol–water partition coefficient (Wildman–Crippen LogP) is 5.64. The summed E-state index contributed by atoms with van der Waals surface area (Å²) >= 11 is 6.02. The van der Waals surface area contributed by atoms with E-state index in [0.29, 0.717) is 17.1 Å². The SMILES string of the molecule is COc1ccc(Nc2ncc(C(F)(F)F)c(Nc3ccccc3Cl)n2)cc1. The van der Waals surface area contributed by atoms with E-state index in [0.717, 1.165) is 6.20 Å². The molecule has 0 unspecified atom stereocenters. The van der Waals surface area contributed by atoms with Crippen molar-refractivity contribution in [2.75, 3.05) is 17.7 Å². The van der Waals surface area contributed by atoms with Crippen LogP contribution >= 0.6 is 11.6 Å². The standard InChI is InChI=1S/C18H14ClF3N4O/c1-27-12-8-6-11(7-9-12)24-17-23-10-13(18(20,21)22)16(26-17)25-15-5-3-2-4-14(15)19/h2-10H,1H3,(H2,23,24,25,26). The third kappa shape index (κ3) is 4.59. The number of benzene rings is 2. The Labute approximate surface area is 158 Å². The zero-order valence-corrected chi connectivity index (χ0v) is 14.8. The molecule has 0 amide bonds. The summed E-state index contributed by atoms with van der Waals surface area (Å²) in [6.07, 6.45) is -3.90. The number of halogens is 4. The number of hydrogen-bond donors (Lipinski definition) is 2. The molecule has 3 rings (SSSR count). The summed E-state index contributed by atoms with van der Waals surface area (Å²) in [6.45, 7) is 0. The number of nitrogens with zero attached hydrogens (tertiary/aromatic N) is 2. The fourth-order valence-corrected chi connectivity index (χ4v) is 2.42. The van der Waals surface area contributed by atoms with Gasteiger partial charge in [0.1, 0.15) is 17.1 Å². The molecule has 5 nitrogen and oxygen atoms in total. The number of alkyl halides is 3. The molecule has 1 aromatic heterocycles. The van der Waals surface area contributed by atoms with Gasteiger partial charge in [0.2, 0.25) is 5.95 Å². The number of rotatable bonds is 5. The third-order valence-corrected chi connectivity index (χ3v) is 3.90. The Balaban J connectivity index is 1.93. The number of anilines is 4. The molecule has 0 saturated carbocycles. The van der Waals surface area contributed by atoms with Crippen molar-refractivity contribution in [2.45, 2.75) is 6.18 Å². The van der Waals surface area contributed by atoms with Crippen LogP contribution in [0.2, 0.25) is 5.02 Å². The number of nitrogens with one attached hydrogen (secondary N) is 2. The minimum atomic E-state index is -4.62. The van der Waals surface area contributed by atoms with Crippen molar-refractivity contribution in [3.8, 4) is 5.75 Å². The van der Waals surface area contributed by atoms with E-state index in [2.05, 4.69) is 20.6 Å². The van der Waals surface area contributed by atoms with Crippen LogP contribution in [0.3, 0.4) is 0 Å². The lowest BCUT2D eigenvalue weighted by atomic mass is 10.2. The Kier molecular flexibility index (Phi) is 5.36. The van der Waals surface area contributed by atoms with Crippen LogP contribution in [-0.2, 0) is 6.18 Å². The molecule has 0 aliphatic heterocycles. The van der Waals surface area contributed by atoms with Crippen LogP contribution in [-0.4, -0.2) is 17.1 Å². The number of aromatic nitrogens is 2. The number of para-hydroxylation sites is 1. The molecule has 0 fully saturated rings. The molecule has 0 atom stereocenters. The van der Waals surface area contributed by atoms with Gasteiger partial charge < -0.3 is 15.4 Å². The van der Waals surface area contributed by atoms with Crippen molar-refractivity contribution in [2.24, 2.45) is 0 Å². The van der Waals surface area contributed by atoms with Gasteiger partial charge >= 0.3 is 6.18 Å². The Morgan fingerprint density at radius 1 is 1.00 bits per heavy atom. The van der Waals surface area contributed by atoms with Crippen molar-refractivity contribution in [1.29, 1.82) is 0 Å². The minimum Gasteiger partial charge on any atom is -0.497 e. The molecule has 0 spiro atoms. The number of ether oxygens (including phenoxy) is 1. The molecule has 140 valence electrons. The second-order valence-electron chi connectivity index (χ2n) is 5.41. The summed E-state index contributed by atoms with van der Waals surface area (Å²) in [5.41, 5.74) is -0.0966. The van der Waals surface area contributed by atoms with Crippen LogP contribution in [0, 0.1) is 0 Å². The molecule has 0 aliphatic carbocycles. The Morgan fingerprint density at radius 3 is 2.33 bits per heavy atom. The van der Waals surface area contributed by atoms with E-state index < -0.39 is 17.6 Å². The zero-order valence-electron chi connectivity index (χ0n) is 14.0. The zero-order chi connectivity index (χ0) is 19.4. The number of methoxy groups -OCH3 is 1. The highest BCUT2D eigenvalue weighted by molar-refractivity contribution is 6.33. The van der Waals surface area contributed by atoms with Gasteiger partial charge in [-0.15, -0.1) is 0 Å². The van der Waals surface area contributed by atoms with Gasteiger partial charge in [0.25, 0.3) is 0 Å². The van der Waals surface area contributed by atoms with E-state index in [1.54, 1.807) is 48.5 Å². The summed E-state index contributed by atoms with van der Waals surface area (Å²) in [5, 5.41) is 5.76. The monoisotopic (exact) mass is 394 g/mol. The molecule has 2 N–H and O–H groups in total. The van der Waals surface area contributed by atoms with Gasteiger partial charge in [0.15, 0.2) is 0 Å². The maximum absolute atomic E-state index is 13.3. The molecular weight excluding hydrogens is 381 g/mol. The van der Waals surface area contributed by atoms with Crippen molar-refractivity contribution >= 4 is 34.7 Å². The molecule has 0 aliphatic rings. The largest absolute Gasteiger partial charge is 0.497 e. The third-order valence-electron chi connectivity index (χ3n) is 3.57. The van der Waals surface area contributed by atoms with Gasteiger partial charge in [-0.3, -0.25) is 0 Å². The highest BCUT2D eigenvalue weighted by Gasteiger charge is 2.35. The first-order valence-corrected chi connectivity index (χ1v) is 8.11. The molecular formula is C18H14ClF3N4O. The summed E-state index contributed by atoms with van der Waals surface area (Å²) in [4.78, 5) is 7.73. The first kappa shape index (κ1) is 18.8. The quantitative estimate of drug-likeness (QED) is 0.586. The number of hydrogen-bond acceptors (Lipinski definition) is 5. The maximum atomic E-state index is 13.3. The summed E-state index contributed by atoms with van der Waals surface area (Å²) < 4.78 is 45.0. The average molecular weight is 395 g/mol. The Morgan fingerprint density at radius 2 is 1.70 bits per heavy atom. The topological polar surface area (TPSA) is 59.1 Å². The van der Waals surface area contributed by atoms with E-state index in [1.165, 1.54) is 7.11 Å². The van der Waals surface area contributed by atoms with Gasteiger partial charge in [-0.1, -0.05) is 23.7 Å². The van der Waals surface area contributed by atoms with Crippen LogP contribution in [0.5, 0.6) is 5.75 Å². The molecule has 0 bridgehead atoms. The highest BCUT2D eigenvalue weighted by Crippen LogP contribution is 2.36. The van der Waals surface area contributed by atoms with Gasteiger partial charge in [-0.2, -0.15) is 18.2 Å². The lowest BCUT2D eigenvalue weighted by molar-refractivity contribution is -0.137. The van der Waals surface area contributed by atoms with Crippen LogP contribution in [0.4, 0.5) is 36.3 Å². The molecule has 0 saturated heterocycles. The van der Waals surface area contributed by atoms with Gasteiger partial charge in [0.05, 0.1) is 17.8 Å². The second-order valence-corrected chi connectivity index (χ2v) is 5.82. The molecule has 27 heavy (non-hydrogen) atoms. The Bertz CT molecular complexity index is 933. The highest BCUT2D eigenvalue weighted by atomic mass is 35.5. The van der Waals surface area contributed by atoms with Gasteiger partial charge in [-0.05, 0) is 36.4 Å². The first-order chi connectivity index (χ1) is 12.9. The molecule has 0 radical (unpaired) electrons. The van der Waals surface area contributed by atoms with E-state index in [4.69, 9.17) is 16.3 Å². The van der Waals surface area contributed by atoms with Gasteiger partial charge in [-0.25, -0.2) is 4.98 Å². The second kappa shape index (κ2) is 7.71. The molecule has 3 aromatic rings. The van der Waals surface area contributed by atoms with E-state index >= 15 is 0 Å². The van der Waals surface area contributed by atoms with Crippen molar-refractivity contribution in [1.82, 2.24) is 9.97 Å². The Hall–Kier alpha value is -3.00. The summed E-state index contributed by atoms with van der Waals surface area (Å²) in [7, 11) is 1.54. The van der Waals surface area contributed by atoms with Crippen molar-refractivity contribution in [3.05, 3.63) is 65.3 Å². The summed E-state index contributed by atoms with van der Waals surface area (Å²) in [6, 6.07) is 13.2. The van der Waals surface area contributed by atoms with Crippen LogP contribution in [0.1, 0.15) is 5.56 Å². The van der Waals surface area contributed by atoms with Crippen LogP contribution in [0.25, 0.3) is 0 Å². The normalized spacial score (nSPS) is 11.1. The lowest BCUT2D eigenvalue weighted by Gasteiger charge is -2.15. The van der Waals surface area contributed by atoms with E-state index in [1.807, 2.05) is 0 Å². The predicted molar refractivity (Wildman–Crippen MR) is 98.0 cm³/mol. The van der Waals surface area contributed by atoms with Crippen LogP contribution < -0.4 is 15.4 Å². The first-order valence-electron chi connectivity index (χ1n) is 7.73. The molecule has 2 aromatic carbocycles. The maximum Gasteiger partial charge on any atom is 0.421 e. The average Bonchev–Trinajstić information content (AvgIpc) is 2.63.